The molecule has 0 aromatic carbocycles. The van der Waals surface area contributed by atoms with Gasteiger partial charge < -0.3 is 15.6 Å². The molecule has 0 radical (unpaired) electrons. The Bertz CT molecular complexity index is 779. The lowest BCUT2D eigenvalue weighted by molar-refractivity contribution is -0.139. The van der Waals surface area contributed by atoms with E-state index in [1.54, 1.807) is 0 Å². The summed E-state index contributed by atoms with van der Waals surface area (Å²) in [4.78, 5) is 52.4. The van der Waals surface area contributed by atoms with Gasteiger partial charge in [0.15, 0.2) is 0 Å². The fourth-order valence-corrected chi connectivity index (χ4v) is 3.60. The second-order valence-corrected chi connectivity index (χ2v) is 7.32. The molecule has 1 fully saturated rings. The van der Waals surface area contributed by atoms with E-state index < -0.39 is 22.1 Å². The summed E-state index contributed by atoms with van der Waals surface area (Å²) in [5, 5.41) is 5.62. The molecule has 1 aliphatic rings. The smallest absolute Gasteiger partial charge is 0.325 e. The van der Waals surface area contributed by atoms with Crippen molar-refractivity contribution < 1.29 is 9.59 Å². The molecule has 8 heteroatoms. The lowest BCUT2D eigenvalue weighted by atomic mass is 9.65. The Balaban J connectivity index is 2.13. The molecule has 2 rings (SSSR count). The van der Waals surface area contributed by atoms with E-state index in [4.69, 9.17) is 0 Å². The SMILES string of the molecule is CCNC(=O)[C@H]1CC[C@@](C)(C(=O)NCc2c[nH]c(=O)[nH]c2=O)C1(C)C. The van der Waals surface area contributed by atoms with Gasteiger partial charge in [0.1, 0.15) is 0 Å². The van der Waals surface area contributed by atoms with Crippen molar-refractivity contribution in [2.75, 3.05) is 6.54 Å². The maximum Gasteiger partial charge on any atom is 0.325 e. The van der Waals surface area contributed by atoms with Gasteiger partial charge in [-0.1, -0.05) is 20.8 Å². The maximum atomic E-state index is 12.8. The molecular weight excluding hydrogens is 324 g/mol. The molecule has 4 N–H and O–H groups in total. The molecule has 0 bridgehead atoms. The average molecular weight is 350 g/mol. The minimum Gasteiger partial charge on any atom is -0.356 e. The highest BCUT2D eigenvalue weighted by atomic mass is 16.2. The van der Waals surface area contributed by atoms with Gasteiger partial charge in [0, 0.05) is 25.2 Å². The molecule has 2 atom stereocenters. The van der Waals surface area contributed by atoms with Gasteiger partial charge in [0.05, 0.1) is 11.0 Å². The fraction of sp³-hybridized carbons (Fsp3) is 0.647. The van der Waals surface area contributed by atoms with Crippen LogP contribution in [0.2, 0.25) is 0 Å². The van der Waals surface area contributed by atoms with E-state index in [9.17, 15) is 19.2 Å². The van der Waals surface area contributed by atoms with Crippen molar-refractivity contribution in [3.05, 3.63) is 32.6 Å². The summed E-state index contributed by atoms with van der Waals surface area (Å²) in [5.74, 6) is -0.462. The van der Waals surface area contributed by atoms with Gasteiger partial charge in [-0.05, 0) is 25.2 Å². The van der Waals surface area contributed by atoms with Gasteiger partial charge in [-0.25, -0.2) is 4.79 Å². The summed E-state index contributed by atoms with van der Waals surface area (Å²) in [7, 11) is 0. The Kier molecular flexibility index (Phi) is 5.20. The highest BCUT2D eigenvalue weighted by Gasteiger charge is 2.57. The first-order valence-electron chi connectivity index (χ1n) is 8.50. The number of rotatable bonds is 5. The summed E-state index contributed by atoms with van der Waals surface area (Å²) in [6.45, 7) is 8.18. The van der Waals surface area contributed by atoms with Crippen molar-refractivity contribution >= 4 is 11.8 Å². The van der Waals surface area contributed by atoms with E-state index in [1.165, 1.54) is 6.20 Å². The third kappa shape index (κ3) is 3.38. The number of carbonyl (C=O) groups excluding carboxylic acids is 2. The van der Waals surface area contributed by atoms with Gasteiger partial charge in [-0.3, -0.25) is 19.4 Å². The minimum atomic E-state index is -0.725. The standard InChI is InChI=1S/C17H26N4O4/c1-5-18-13(23)11-6-7-17(4,16(11,2)3)14(24)19-8-10-9-20-15(25)21-12(10)22/h9,11H,5-8H2,1-4H3,(H,18,23)(H,19,24)(H2,20,21,22,25)/t11-,17+/m1/s1. The van der Waals surface area contributed by atoms with E-state index in [1.807, 2.05) is 27.7 Å². The Labute approximate surface area is 145 Å². The van der Waals surface area contributed by atoms with Crippen LogP contribution in [-0.4, -0.2) is 28.3 Å². The van der Waals surface area contributed by atoms with Crippen LogP contribution in [0.25, 0.3) is 0 Å². The van der Waals surface area contributed by atoms with Crippen molar-refractivity contribution in [1.82, 2.24) is 20.6 Å². The number of hydrogen-bond acceptors (Lipinski definition) is 4. The first kappa shape index (κ1) is 19.0. The number of H-pyrrole nitrogens is 2. The third-order valence-electron chi connectivity index (χ3n) is 5.73. The highest BCUT2D eigenvalue weighted by molar-refractivity contribution is 5.87. The Morgan fingerprint density at radius 3 is 2.52 bits per heavy atom. The van der Waals surface area contributed by atoms with Crippen LogP contribution in [0.5, 0.6) is 0 Å². The van der Waals surface area contributed by atoms with E-state index in [-0.39, 0.29) is 29.8 Å². The number of hydrogen-bond donors (Lipinski definition) is 4. The predicted octanol–water partition coefficient (Wildman–Crippen LogP) is 0.258. The largest absolute Gasteiger partial charge is 0.356 e. The summed E-state index contributed by atoms with van der Waals surface area (Å²) >= 11 is 0. The first-order chi connectivity index (χ1) is 11.6. The second kappa shape index (κ2) is 6.85. The molecule has 25 heavy (non-hydrogen) atoms. The van der Waals surface area contributed by atoms with Crippen molar-refractivity contribution in [2.24, 2.45) is 16.7 Å². The summed E-state index contributed by atoms with van der Waals surface area (Å²) < 4.78 is 0. The maximum absolute atomic E-state index is 12.8. The van der Waals surface area contributed by atoms with Crippen LogP contribution in [0.4, 0.5) is 0 Å². The van der Waals surface area contributed by atoms with Crippen molar-refractivity contribution in [2.45, 2.75) is 47.1 Å². The van der Waals surface area contributed by atoms with Crippen LogP contribution >= 0.6 is 0 Å². The van der Waals surface area contributed by atoms with Gasteiger partial charge in [0.25, 0.3) is 5.56 Å². The predicted molar refractivity (Wildman–Crippen MR) is 92.8 cm³/mol. The van der Waals surface area contributed by atoms with Crippen LogP contribution in [0.3, 0.4) is 0 Å². The van der Waals surface area contributed by atoms with Crippen LogP contribution in [-0.2, 0) is 16.1 Å². The Morgan fingerprint density at radius 1 is 1.24 bits per heavy atom. The molecule has 2 amide bonds. The number of nitrogens with one attached hydrogen (secondary N) is 4. The van der Waals surface area contributed by atoms with Crippen molar-refractivity contribution in [3.8, 4) is 0 Å². The van der Waals surface area contributed by atoms with Gasteiger partial charge in [-0.2, -0.15) is 0 Å². The normalized spacial score (nSPS) is 24.7. The van der Waals surface area contributed by atoms with E-state index in [2.05, 4.69) is 20.6 Å². The monoisotopic (exact) mass is 350 g/mol. The van der Waals surface area contributed by atoms with Crippen molar-refractivity contribution in [3.63, 3.8) is 0 Å². The number of aromatic nitrogens is 2. The summed E-state index contributed by atoms with van der Waals surface area (Å²) in [6.07, 6.45) is 2.53. The van der Waals surface area contributed by atoms with Gasteiger partial charge >= 0.3 is 5.69 Å². The lowest BCUT2D eigenvalue weighted by Crippen LogP contribution is -2.49. The van der Waals surface area contributed by atoms with Gasteiger partial charge in [0.2, 0.25) is 11.8 Å². The molecule has 1 heterocycles. The molecule has 138 valence electrons. The topological polar surface area (TPSA) is 124 Å². The van der Waals surface area contributed by atoms with Crippen LogP contribution in [0.1, 0.15) is 46.1 Å². The quantitative estimate of drug-likeness (QED) is 0.608. The van der Waals surface area contributed by atoms with Gasteiger partial charge in [-0.15, -0.1) is 0 Å². The molecule has 1 saturated carbocycles. The zero-order valence-corrected chi connectivity index (χ0v) is 15.1. The number of amides is 2. The lowest BCUT2D eigenvalue weighted by Gasteiger charge is -2.39. The second-order valence-electron chi connectivity index (χ2n) is 7.32. The van der Waals surface area contributed by atoms with Crippen LogP contribution in [0.15, 0.2) is 15.8 Å². The Hall–Kier alpha value is -2.38. The number of carbonyl (C=O) groups is 2. The highest BCUT2D eigenvalue weighted by Crippen LogP contribution is 2.56. The molecule has 0 unspecified atom stereocenters. The van der Waals surface area contributed by atoms with E-state index in [0.29, 0.717) is 19.4 Å². The van der Waals surface area contributed by atoms with Crippen LogP contribution in [0, 0.1) is 16.7 Å². The molecule has 8 nitrogen and oxygen atoms in total. The van der Waals surface area contributed by atoms with Crippen LogP contribution < -0.4 is 21.9 Å². The minimum absolute atomic E-state index is 0.0163. The first-order valence-corrected chi connectivity index (χ1v) is 8.50. The molecule has 1 aliphatic carbocycles. The summed E-state index contributed by atoms with van der Waals surface area (Å²) in [5.41, 5.74) is -2.09. The van der Waals surface area contributed by atoms with Crippen molar-refractivity contribution in [1.29, 1.82) is 0 Å². The Morgan fingerprint density at radius 2 is 1.92 bits per heavy atom. The zero-order chi connectivity index (χ0) is 18.8. The van der Waals surface area contributed by atoms with E-state index >= 15 is 0 Å². The molecule has 0 aliphatic heterocycles. The molecule has 0 saturated heterocycles. The zero-order valence-electron chi connectivity index (χ0n) is 15.1. The molecular formula is C17H26N4O4. The number of aromatic amines is 2. The fourth-order valence-electron chi connectivity index (χ4n) is 3.60. The molecule has 0 spiro atoms. The third-order valence-corrected chi connectivity index (χ3v) is 5.73. The van der Waals surface area contributed by atoms with E-state index in [0.717, 1.165) is 0 Å². The molecule has 1 aromatic rings. The summed E-state index contributed by atoms with van der Waals surface area (Å²) in [6, 6.07) is 0. The average Bonchev–Trinajstić information content (AvgIpc) is 2.77. The molecule has 1 aromatic heterocycles.